The van der Waals surface area contributed by atoms with Crippen LogP contribution in [0.15, 0.2) is 6.33 Å². The Kier molecular flexibility index (Phi) is 2.29. The first-order valence-electron chi connectivity index (χ1n) is 5.63. The largest absolute Gasteiger partial charge is 0.368 e. The number of nitrogens with zero attached hydrogens (tertiary/aromatic N) is 4. The molecule has 2 aromatic heterocycles. The van der Waals surface area contributed by atoms with E-state index >= 15 is 0 Å². The summed E-state index contributed by atoms with van der Waals surface area (Å²) in [6.07, 6.45) is 2.27. The topological polar surface area (TPSA) is 113 Å². The summed E-state index contributed by atoms with van der Waals surface area (Å²) >= 11 is 0. The number of amides is 1. The molecule has 18 heavy (non-hydrogen) atoms. The van der Waals surface area contributed by atoms with E-state index in [1.54, 1.807) is 11.9 Å². The van der Waals surface area contributed by atoms with Crippen LogP contribution in [0.5, 0.6) is 0 Å². The van der Waals surface area contributed by atoms with Crippen molar-refractivity contribution in [2.24, 2.45) is 0 Å². The van der Waals surface area contributed by atoms with Crippen LogP contribution in [0.2, 0.25) is 0 Å². The third-order valence-corrected chi connectivity index (χ3v) is 3.04. The second-order valence-electron chi connectivity index (χ2n) is 4.28. The molecule has 1 aliphatic heterocycles. The number of nitrogens with one attached hydrogen (secondary N) is 2. The number of rotatable bonds is 2. The molecule has 3 heterocycles. The highest BCUT2D eigenvalue weighted by atomic mass is 16.2. The Balaban J connectivity index is 1.95. The molecule has 4 N–H and O–H groups in total. The van der Waals surface area contributed by atoms with Crippen LogP contribution in [0, 0.1) is 0 Å². The first kappa shape index (κ1) is 10.8. The van der Waals surface area contributed by atoms with Crippen LogP contribution in [0.3, 0.4) is 0 Å². The van der Waals surface area contributed by atoms with Crippen LogP contribution in [-0.4, -0.2) is 50.4 Å². The van der Waals surface area contributed by atoms with E-state index in [-0.39, 0.29) is 17.9 Å². The predicted octanol–water partition coefficient (Wildman–Crippen LogP) is -0.422. The van der Waals surface area contributed by atoms with Crippen molar-refractivity contribution >= 4 is 28.8 Å². The SMILES string of the molecule is CN1CCC(Nc2nc(N)nc3nc[nH]c23)C1=O. The van der Waals surface area contributed by atoms with Crippen LogP contribution in [0.4, 0.5) is 11.8 Å². The van der Waals surface area contributed by atoms with Gasteiger partial charge in [0.1, 0.15) is 11.6 Å². The van der Waals surface area contributed by atoms with Gasteiger partial charge in [0.2, 0.25) is 11.9 Å². The highest BCUT2D eigenvalue weighted by Crippen LogP contribution is 2.21. The maximum absolute atomic E-state index is 11.8. The van der Waals surface area contributed by atoms with E-state index in [2.05, 4.69) is 25.3 Å². The first-order valence-corrected chi connectivity index (χ1v) is 5.63. The van der Waals surface area contributed by atoms with E-state index in [0.29, 0.717) is 17.0 Å². The second kappa shape index (κ2) is 3.83. The molecule has 2 aromatic rings. The van der Waals surface area contributed by atoms with Crippen molar-refractivity contribution in [1.82, 2.24) is 24.8 Å². The number of imidazole rings is 1. The molecule has 1 fully saturated rings. The van der Waals surface area contributed by atoms with Crippen LogP contribution in [-0.2, 0) is 4.79 Å². The zero-order valence-electron chi connectivity index (χ0n) is 9.84. The summed E-state index contributed by atoms with van der Waals surface area (Å²) in [6.45, 7) is 0.739. The number of fused-ring (bicyclic) bond motifs is 1. The molecular weight excluding hydrogens is 234 g/mol. The maximum atomic E-state index is 11.8. The zero-order valence-corrected chi connectivity index (χ0v) is 9.84. The molecule has 0 bridgehead atoms. The molecule has 3 rings (SSSR count). The Labute approximate surface area is 103 Å². The number of likely N-dealkylation sites (tertiary alicyclic amines) is 1. The predicted molar refractivity (Wildman–Crippen MR) is 65.8 cm³/mol. The van der Waals surface area contributed by atoms with Crippen molar-refractivity contribution in [3.8, 4) is 0 Å². The van der Waals surface area contributed by atoms with E-state index in [4.69, 9.17) is 5.73 Å². The van der Waals surface area contributed by atoms with Gasteiger partial charge >= 0.3 is 0 Å². The molecule has 8 nitrogen and oxygen atoms in total. The van der Waals surface area contributed by atoms with Crippen LogP contribution >= 0.6 is 0 Å². The summed E-state index contributed by atoms with van der Waals surface area (Å²) in [7, 11) is 1.78. The summed E-state index contributed by atoms with van der Waals surface area (Å²) < 4.78 is 0. The summed E-state index contributed by atoms with van der Waals surface area (Å²) in [6, 6.07) is -0.268. The summed E-state index contributed by atoms with van der Waals surface area (Å²) in [5.41, 5.74) is 6.76. The molecule has 1 amide bonds. The van der Waals surface area contributed by atoms with Gasteiger partial charge in [-0.05, 0) is 6.42 Å². The highest BCUT2D eigenvalue weighted by Gasteiger charge is 2.29. The lowest BCUT2D eigenvalue weighted by Crippen LogP contribution is -2.31. The standard InChI is InChI=1S/C10H13N7O/c1-17-3-2-5(9(17)18)14-8-6-7(13-4-12-6)15-10(11)16-8/h4-5H,2-3H2,1H3,(H4,11,12,13,14,15,16). The Hall–Kier alpha value is -2.38. The van der Waals surface area contributed by atoms with Gasteiger partial charge in [-0.2, -0.15) is 9.97 Å². The molecule has 94 valence electrons. The van der Waals surface area contributed by atoms with E-state index in [9.17, 15) is 4.79 Å². The fraction of sp³-hybridized carbons (Fsp3) is 0.400. The zero-order chi connectivity index (χ0) is 12.7. The van der Waals surface area contributed by atoms with Crippen LogP contribution < -0.4 is 11.1 Å². The molecule has 0 aliphatic carbocycles. The lowest BCUT2D eigenvalue weighted by atomic mass is 10.2. The van der Waals surface area contributed by atoms with Gasteiger partial charge in [0, 0.05) is 13.6 Å². The number of H-pyrrole nitrogens is 1. The van der Waals surface area contributed by atoms with Crippen molar-refractivity contribution in [2.45, 2.75) is 12.5 Å². The van der Waals surface area contributed by atoms with Gasteiger partial charge in [-0.15, -0.1) is 0 Å². The molecule has 0 spiro atoms. The Morgan fingerprint density at radius 1 is 1.56 bits per heavy atom. The third kappa shape index (κ3) is 1.62. The molecule has 1 unspecified atom stereocenters. The lowest BCUT2D eigenvalue weighted by molar-refractivity contribution is -0.127. The van der Waals surface area contributed by atoms with Gasteiger partial charge in [-0.25, -0.2) is 4.98 Å². The van der Waals surface area contributed by atoms with Gasteiger partial charge < -0.3 is 20.9 Å². The minimum absolute atomic E-state index is 0.0554. The van der Waals surface area contributed by atoms with Gasteiger partial charge in [0.25, 0.3) is 0 Å². The third-order valence-electron chi connectivity index (χ3n) is 3.04. The fourth-order valence-corrected chi connectivity index (χ4v) is 2.08. The van der Waals surface area contributed by atoms with E-state index in [1.165, 1.54) is 6.33 Å². The number of hydrogen-bond donors (Lipinski definition) is 3. The minimum atomic E-state index is -0.268. The van der Waals surface area contributed by atoms with Crippen LogP contribution in [0.1, 0.15) is 6.42 Å². The van der Waals surface area contributed by atoms with Gasteiger partial charge in [0.15, 0.2) is 11.5 Å². The van der Waals surface area contributed by atoms with Gasteiger partial charge in [0.05, 0.1) is 6.33 Å². The Bertz CT molecular complexity index is 607. The van der Waals surface area contributed by atoms with Gasteiger partial charge in [-0.1, -0.05) is 0 Å². The number of nitrogen functional groups attached to an aromatic ring is 1. The molecule has 0 saturated carbocycles. The van der Waals surface area contributed by atoms with E-state index in [1.807, 2.05) is 0 Å². The number of aromatic amines is 1. The van der Waals surface area contributed by atoms with Crippen LogP contribution in [0.25, 0.3) is 11.2 Å². The average Bonchev–Trinajstić information content (AvgIpc) is 2.90. The average molecular weight is 247 g/mol. The molecular formula is C10H13N7O. The van der Waals surface area contributed by atoms with Crippen molar-refractivity contribution in [3.05, 3.63) is 6.33 Å². The number of anilines is 2. The summed E-state index contributed by atoms with van der Waals surface area (Å²) in [5, 5.41) is 3.10. The molecule has 1 atom stereocenters. The molecule has 0 aromatic carbocycles. The maximum Gasteiger partial charge on any atom is 0.244 e. The molecule has 0 radical (unpaired) electrons. The normalized spacial score (nSPS) is 19.7. The summed E-state index contributed by atoms with van der Waals surface area (Å²) in [5.74, 6) is 0.708. The molecule has 8 heteroatoms. The number of nitrogens with two attached hydrogens (primary N) is 1. The van der Waals surface area contributed by atoms with E-state index < -0.39 is 0 Å². The van der Waals surface area contributed by atoms with E-state index in [0.717, 1.165) is 13.0 Å². The smallest absolute Gasteiger partial charge is 0.244 e. The number of carbonyl (C=O) groups excluding carboxylic acids is 1. The fourth-order valence-electron chi connectivity index (χ4n) is 2.08. The van der Waals surface area contributed by atoms with Crippen molar-refractivity contribution < 1.29 is 4.79 Å². The Morgan fingerprint density at radius 2 is 2.39 bits per heavy atom. The number of aromatic nitrogens is 4. The lowest BCUT2D eigenvalue weighted by Gasteiger charge is -2.13. The van der Waals surface area contributed by atoms with Crippen molar-refractivity contribution in [2.75, 3.05) is 24.6 Å². The van der Waals surface area contributed by atoms with Crippen molar-refractivity contribution in [1.29, 1.82) is 0 Å². The highest BCUT2D eigenvalue weighted by molar-refractivity contribution is 5.90. The monoisotopic (exact) mass is 247 g/mol. The number of carbonyl (C=O) groups is 1. The molecule has 1 aliphatic rings. The number of likely N-dealkylation sites (N-methyl/N-ethyl adjacent to an activating group) is 1. The quantitative estimate of drug-likeness (QED) is 0.664. The minimum Gasteiger partial charge on any atom is -0.368 e. The van der Waals surface area contributed by atoms with Crippen molar-refractivity contribution in [3.63, 3.8) is 0 Å². The first-order chi connectivity index (χ1) is 8.65. The number of hydrogen-bond acceptors (Lipinski definition) is 6. The molecule has 1 saturated heterocycles. The van der Waals surface area contributed by atoms with Gasteiger partial charge in [-0.3, -0.25) is 4.79 Å². The second-order valence-corrected chi connectivity index (χ2v) is 4.28. The summed E-state index contributed by atoms with van der Waals surface area (Å²) in [4.78, 5) is 28.6. The Morgan fingerprint density at radius 3 is 3.11 bits per heavy atom.